The number of rotatable bonds is 2. The van der Waals surface area contributed by atoms with Gasteiger partial charge in [-0.1, -0.05) is 18.2 Å². The zero-order valence-corrected chi connectivity index (χ0v) is 12.0. The van der Waals surface area contributed by atoms with E-state index in [1.807, 2.05) is 11.8 Å². The molecule has 0 aromatic heterocycles. The summed E-state index contributed by atoms with van der Waals surface area (Å²) in [5.74, 6) is 2.89. The third-order valence-corrected chi connectivity index (χ3v) is 5.75. The van der Waals surface area contributed by atoms with Crippen LogP contribution in [0.25, 0.3) is 0 Å². The SMILES string of the molecule is CC(NC1=NC2CCCC2CS1)C1CCOCC1. The molecule has 0 aromatic rings. The van der Waals surface area contributed by atoms with Gasteiger partial charge in [0.2, 0.25) is 0 Å². The monoisotopic (exact) mass is 268 g/mol. The molecular weight excluding hydrogens is 244 g/mol. The Bertz CT molecular complexity index is 315. The van der Waals surface area contributed by atoms with Crippen molar-refractivity contribution in [3.63, 3.8) is 0 Å². The van der Waals surface area contributed by atoms with Crippen LogP contribution in [0.5, 0.6) is 0 Å². The Hall–Kier alpha value is -0.220. The van der Waals surface area contributed by atoms with Gasteiger partial charge in [0.1, 0.15) is 0 Å². The molecule has 1 N–H and O–H groups in total. The van der Waals surface area contributed by atoms with Crippen LogP contribution in [0.4, 0.5) is 0 Å². The first-order valence-electron chi connectivity index (χ1n) is 7.38. The number of hydrogen-bond donors (Lipinski definition) is 1. The molecule has 0 radical (unpaired) electrons. The number of aliphatic imine (C=N–C) groups is 1. The van der Waals surface area contributed by atoms with Crippen molar-refractivity contribution in [1.29, 1.82) is 0 Å². The normalized spacial score (nSPS) is 34.8. The predicted molar refractivity (Wildman–Crippen MR) is 77.2 cm³/mol. The zero-order chi connectivity index (χ0) is 12.4. The van der Waals surface area contributed by atoms with Gasteiger partial charge in [0, 0.05) is 25.0 Å². The Labute approximate surface area is 114 Å². The summed E-state index contributed by atoms with van der Waals surface area (Å²) in [6.45, 7) is 4.17. The third kappa shape index (κ3) is 2.85. The van der Waals surface area contributed by atoms with Gasteiger partial charge in [-0.25, -0.2) is 0 Å². The molecule has 0 aromatic carbocycles. The third-order valence-electron chi connectivity index (χ3n) is 4.66. The highest BCUT2D eigenvalue weighted by Gasteiger charge is 2.31. The maximum absolute atomic E-state index is 5.43. The zero-order valence-electron chi connectivity index (χ0n) is 11.2. The van der Waals surface area contributed by atoms with Crippen molar-refractivity contribution >= 4 is 16.9 Å². The molecule has 0 amide bonds. The molecule has 2 heterocycles. The average molecular weight is 268 g/mol. The van der Waals surface area contributed by atoms with Gasteiger partial charge >= 0.3 is 0 Å². The van der Waals surface area contributed by atoms with Gasteiger partial charge in [-0.05, 0) is 44.4 Å². The molecule has 1 aliphatic carbocycles. The molecule has 3 nitrogen and oxygen atoms in total. The van der Waals surface area contributed by atoms with E-state index in [4.69, 9.17) is 9.73 Å². The topological polar surface area (TPSA) is 33.6 Å². The first kappa shape index (κ1) is 12.8. The van der Waals surface area contributed by atoms with E-state index < -0.39 is 0 Å². The van der Waals surface area contributed by atoms with Gasteiger partial charge in [-0.2, -0.15) is 0 Å². The van der Waals surface area contributed by atoms with Crippen molar-refractivity contribution in [3.8, 4) is 0 Å². The van der Waals surface area contributed by atoms with Crippen LogP contribution in [-0.2, 0) is 4.74 Å². The number of nitrogens with zero attached hydrogens (tertiary/aromatic N) is 1. The largest absolute Gasteiger partial charge is 0.381 e. The van der Waals surface area contributed by atoms with Crippen LogP contribution < -0.4 is 5.32 Å². The van der Waals surface area contributed by atoms with Gasteiger partial charge in [0.15, 0.2) is 5.17 Å². The highest BCUT2D eigenvalue weighted by atomic mass is 32.2. The molecule has 2 aliphatic heterocycles. The number of fused-ring (bicyclic) bond motifs is 1. The number of nitrogens with one attached hydrogen (secondary N) is 1. The Kier molecular flexibility index (Phi) is 4.14. The van der Waals surface area contributed by atoms with Crippen molar-refractivity contribution in [1.82, 2.24) is 5.32 Å². The van der Waals surface area contributed by atoms with Crippen molar-refractivity contribution in [3.05, 3.63) is 0 Å². The summed E-state index contributed by atoms with van der Waals surface area (Å²) >= 11 is 1.94. The van der Waals surface area contributed by atoms with Crippen LogP contribution in [0.1, 0.15) is 39.0 Å². The lowest BCUT2D eigenvalue weighted by Crippen LogP contribution is -2.41. The summed E-state index contributed by atoms with van der Waals surface area (Å²) < 4.78 is 5.43. The molecule has 0 bridgehead atoms. The van der Waals surface area contributed by atoms with Crippen molar-refractivity contribution in [2.75, 3.05) is 19.0 Å². The van der Waals surface area contributed by atoms with Crippen LogP contribution >= 0.6 is 11.8 Å². The molecule has 2 fully saturated rings. The Morgan fingerprint density at radius 3 is 2.94 bits per heavy atom. The molecule has 1 saturated carbocycles. The molecule has 0 spiro atoms. The highest BCUT2D eigenvalue weighted by Crippen LogP contribution is 2.35. The second-order valence-electron chi connectivity index (χ2n) is 5.89. The number of thioether (sulfide) groups is 1. The minimum absolute atomic E-state index is 0.540. The summed E-state index contributed by atoms with van der Waals surface area (Å²) in [5.41, 5.74) is 0. The Balaban J connectivity index is 1.55. The minimum Gasteiger partial charge on any atom is -0.381 e. The second-order valence-corrected chi connectivity index (χ2v) is 6.90. The predicted octanol–water partition coefficient (Wildman–Crippen LogP) is 2.66. The standard InChI is InChI=1S/C14H24N2OS/c1-10(11-5-7-17-8-6-11)15-14-16-13-4-2-3-12(13)9-18-14/h10-13H,2-9H2,1H3,(H,15,16). The number of ether oxygens (including phenoxy) is 1. The lowest BCUT2D eigenvalue weighted by atomic mass is 9.93. The fourth-order valence-corrected chi connectivity index (χ4v) is 4.60. The van der Waals surface area contributed by atoms with E-state index in [1.165, 1.54) is 43.0 Å². The average Bonchev–Trinajstić information content (AvgIpc) is 2.87. The van der Waals surface area contributed by atoms with E-state index in [1.54, 1.807) is 0 Å². The van der Waals surface area contributed by atoms with Gasteiger partial charge < -0.3 is 10.1 Å². The van der Waals surface area contributed by atoms with Gasteiger partial charge in [0.25, 0.3) is 0 Å². The molecule has 102 valence electrons. The molecule has 1 saturated heterocycles. The molecule has 3 aliphatic rings. The van der Waals surface area contributed by atoms with Crippen LogP contribution in [0, 0.1) is 11.8 Å². The summed E-state index contributed by atoms with van der Waals surface area (Å²) in [7, 11) is 0. The summed E-state index contributed by atoms with van der Waals surface area (Å²) in [6.07, 6.45) is 6.46. The van der Waals surface area contributed by atoms with Crippen LogP contribution in [0.15, 0.2) is 4.99 Å². The molecule has 4 heteroatoms. The van der Waals surface area contributed by atoms with E-state index in [-0.39, 0.29) is 0 Å². The number of hydrogen-bond acceptors (Lipinski definition) is 4. The molecule has 18 heavy (non-hydrogen) atoms. The Morgan fingerprint density at radius 1 is 1.28 bits per heavy atom. The summed E-state index contributed by atoms with van der Waals surface area (Å²) in [4.78, 5) is 4.92. The van der Waals surface area contributed by atoms with Gasteiger partial charge in [0.05, 0.1) is 6.04 Å². The molecule has 3 rings (SSSR count). The van der Waals surface area contributed by atoms with Crippen LogP contribution in [-0.4, -0.2) is 36.2 Å². The smallest absolute Gasteiger partial charge is 0.157 e. The van der Waals surface area contributed by atoms with E-state index >= 15 is 0 Å². The van der Waals surface area contributed by atoms with Crippen molar-refractivity contribution in [2.45, 2.75) is 51.1 Å². The summed E-state index contributed by atoms with van der Waals surface area (Å²) in [6, 6.07) is 1.16. The van der Waals surface area contributed by atoms with Crippen molar-refractivity contribution < 1.29 is 4.74 Å². The van der Waals surface area contributed by atoms with Crippen LogP contribution in [0.2, 0.25) is 0 Å². The fraction of sp³-hybridized carbons (Fsp3) is 0.929. The van der Waals surface area contributed by atoms with E-state index in [0.29, 0.717) is 12.1 Å². The quantitative estimate of drug-likeness (QED) is 0.836. The summed E-state index contributed by atoms with van der Waals surface area (Å²) in [5, 5.41) is 4.86. The number of amidine groups is 1. The molecule has 3 unspecified atom stereocenters. The van der Waals surface area contributed by atoms with Crippen molar-refractivity contribution in [2.24, 2.45) is 16.8 Å². The van der Waals surface area contributed by atoms with E-state index in [9.17, 15) is 0 Å². The minimum atomic E-state index is 0.540. The second kappa shape index (κ2) is 5.83. The van der Waals surface area contributed by atoms with Crippen LogP contribution in [0.3, 0.4) is 0 Å². The lowest BCUT2D eigenvalue weighted by Gasteiger charge is -2.31. The highest BCUT2D eigenvalue weighted by molar-refractivity contribution is 8.13. The Morgan fingerprint density at radius 2 is 2.11 bits per heavy atom. The molecular formula is C14H24N2OS. The fourth-order valence-electron chi connectivity index (χ4n) is 3.36. The van der Waals surface area contributed by atoms with Gasteiger partial charge in [-0.3, -0.25) is 4.99 Å². The van der Waals surface area contributed by atoms with E-state index in [0.717, 1.165) is 25.0 Å². The first-order chi connectivity index (χ1) is 8.83. The maximum Gasteiger partial charge on any atom is 0.157 e. The molecule has 3 atom stereocenters. The van der Waals surface area contributed by atoms with Gasteiger partial charge in [-0.15, -0.1) is 0 Å². The first-order valence-corrected chi connectivity index (χ1v) is 8.36. The maximum atomic E-state index is 5.43. The lowest BCUT2D eigenvalue weighted by molar-refractivity contribution is 0.0583. The van der Waals surface area contributed by atoms with E-state index in [2.05, 4.69) is 12.2 Å².